The predicted octanol–water partition coefficient (Wildman–Crippen LogP) is 5.09. The van der Waals surface area contributed by atoms with E-state index < -0.39 is 0 Å². The van der Waals surface area contributed by atoms with Gasteiger partial charge < -0.3 is 18.9 Å². The topological polar surface area (TPSA) is 71.1 Å². The van der Waals surface area contributed by atoms with Crippen molar-refractivity contribution in [2.45, 2.75) is 32.1 Å². The van der Waals surface area contributed by atoms with Crippen LogP contribution in [-0.4, -0.2) is 33.1 Å². The van der Waals surface area contributed by atoms with Crippen LogP contribution in [0.1, 0.15) is 48.0 Å². The van der Waals surface area contributed by atoms with E-state index in [1.54, 1.807) is 49.6 Å². The Morgan fingerprint density at radius 3 is 2.23 bits per heavy atom. The second-order valence-corrected chi connectivity index (χ2v) is 7.43. The number of methoxy groups -OCH3 is 3. The van der Waals surface area contributed by atoms with Crippen molar-refractivity contribution in [1.82, 2.24) is 0 Å². The SMILES string of the molecule is COc1ccc(OC)c(C(=O)C=Cc2ccc(OC(=O)C3CCCCC3)c(OC)c2)c1. The molecule has 1 fully saturated rings. The molecule has 0 atom stereocenters. The number of rotatable bonds is 8. The molecule has 164 valence electrons. The van der Waals surface area contributed by atoms with E-state index in [-0.39, 0.29) is 17.7 Å². The van der Waals surface area contributed by atoms with Crippen LogP contribution in [0.3, 0.4) is 0 Å². The standard InChI is InChI=1S/C25H28O6/c1-28-19-11-14-22(29-2)20(16-19)21(26)12-9-17-10-13-23(24(15-17)30-3)31-25(27)18-7-5-4-6-8-18/h9-16,18H,4-8H2,1-3H3. The Morgan fingerprint density at radius 1 is 0.839 bits per heavy atom. The first-order chi connectivity index (χ1) is 15.0. The van der Waals surface area contributed by atoms with Crippen molar-refractivity contribution in [2.75, 3.05) is 21.3 Å². The van der Waals surface area contributed by atoms with Gasteiger partial charge in [-0.05, 0) is 54.8 Å². The first-order valence-corrected chi connectivity index (χ1v) is 10.4. The van der Waals surface area contributed by atoms with Gasteiger partial charge in [0.2, 0.25) is 0 Å². The normalized spacial score (nSPS) is 14.3. The smallest absolute Gasteiger partial charge is 0.314 e. The molecule has 0 aromatic heterocycles. The molecule has 1 saturated carbocycles. The number of carbonyl (C=O) groups is 2. The number of ether oxygens (including phenoxy) is 4. The van der Waals surface area contributed by atoms with Crippen LogP contribution < -0.4 is 18.9 Å². The molecule has 0 heterocycles. The summed E-state index contributed by atoms with van der Waals surface area (Å²) >= 11 is 0. The maximum atomic E-state index is 12.7. The van der Waals surface area contributed by atoms with Gasteiger partial charge in [0.15, 0.2) is 17.3 Å². The van der Waals surface area contributed by atoms with E-state index in [0.29, 0.717) is 28.6 Å². The molecule has 0 amide bonds. The van der Waals surface area contributed by atoms with Crippen molar-refractivity contribution in [3.8, 4) is 23.0 Å². The summed E-state index contributed by atoms with van der Waals surface area (Å²) in [6.07, 6.45) is 8.18. The Bertz CT molecular complexity index is 956. The van der Waals surface area contributed by atoms with E-state index in [1.807, 2.05) is 0 Å². The van der Waals surface area contributed by atoms with E-state index in [1.165, 1.54) is 26.7 Å². The summed E-state index contributed by atoms with van der Waals surface area (Å²) in [5.74, 6) is 1.40. The minimum atomic E-state index is -0.220. The Labute approximate surface area is 182 Å². The quantitative estimate of drug-likeness (QED) is 0.254. The van der Waals surface area contributed by atoms with Crippen molar-refractivity contribution in [1.29, 1.82) is 0 Å². The molecule has 6 nitrogen and oxygen atoms in total. The van der Waals surface area contributed by atoms with Gasteiger partial charge >= 0.3 is 5.97 Å². The average molecular weight is 424 g/mol. The molecular formula is C25H28O6. The van der Waals surface area contributed by atoms with Gasteiger partial charge in [0.1, 0.15) is 11.5 Å². The highest BCUT2D eigenvalue weighted by atomic mass is 16.6. The zero-order valence-electron chi connectivity index (χ0n) is 18.2. The molecule has 3 rings (SSSR count). The molecule has 2 aromatic rings. The van der Waals surface area contributed by atoms with Crippen LogP contribution in [0.25, 0.3) is 6.08 Å². The number of allylic oxidation sites excluding steroid dienone is 1. The number of hydrogen-bond acceptors (Lipinski definition) is 6. The molecule has 31 heavy (non-hydrogen) atoms. The molecule has 6 heteroatoms. The fraction of sp³-hybridized carbons (Fsp3) is 0.360. The molecule has 0 unspecified atom stereocenters. The van der Waals surface area contributed by atoms with Crippen LogP contribution in [0.4, 0.5) is 0 Å². The maximum Gasteiger partial charge on any atom is 0.314 e. The Kier molecular flexibility index (Phi) is 7.70. The molecule has 0 radical (unpaired) electrons. The molecule has 0 saturated heterocycles. The monoisotopic (exact) mass is 424 g/mol. The van der Waals surface area contributed by atoms with Crippen LogP contribution in [0, 0.1) is 5.92 Å². The highest BCUT2D eigenvalue weighted by Crippen LogP contribution is 2.32. The summed E-state index contributed by atoms with van der Waals surface area (Å²) < 4.78 is 21.5. The van der Waals surface area contributed by atoms with Gasteiger partial charge in [-0.2, -0.15) is 0 Å². The van der Waals surface area contributed by atoms with Gasteiger partial charge in [-0.15, -0.1) is 0 Å². The van der Waals surface area contributed by atoms with Crippen LogP contribution in [0.2, 0.25) is 0 Å². The zero-order valence-corrected chi connectivity index (χ0v) is 18.2. The lowest BCUT2D eigenvalue weighted by molar-refractivity contribution is -0.140. The number of benzene rings is 2. The Morgan fingerprint density at radius 2 is 1.55 bits per heavy atom. The maximum absolute atomic E-state index is 12.7. The van der Waals surface area contributed by atoms with Gasteiger partial charge in [0.05, 0.1) is 32.8 Å². The van der Waals surface area contributed by atoms with Gasteiger partial charge in [0.25, 0.3) is 0 Å². The van der Waals surface area contributed by atoms with Crippen molar-refractivity contribution in [3.05, 3.63) is 53.6 Å². The van der Waals surface area contributed by atoms with Crippen molar-refractivity contribution >= 4 is 17.8 Å². The van der Waals surface area contributed by atoms with E-state index in [0.717, 1.165) is 31.2 Å². The van der Waals surface area contributed by atoms with Crippen molar-refractivity contribution < 1.29 is 28.5 Å². The highest BCUT2D eigenvalue weighted by Gasteiger charge is 2.24. The zero-order chi connectivity index (χ0) is 22.2. The largest absolute Gasteiger partial charge is 0.497 e. The van der Waals surface area contributed by atoms with Gasteiger partial charge in [-0.25, -0.2) is 0 Å². The van der Waals surface area contributed by atoms with E-state index in [9.17, 15) is 9.59 Å². The second kappa shape index (κ2) is 10.7. The summed E-state index contributed by atoms with van der Waals surface area (Å²) in [5.41, 5.74) is 1.15. The predicted molar refractivity (Wildman–Crippen MR) is 118 cm³/mol. The third kappa shape index (κ3) is 5.66. The first kappa shape index (κ1) is 22.4. The molecular weight excluding hydrogens is 396 g/mol. The molecule has 0 spiro atoms. The molecule has 2 aromatic carbocycles. The summed E-state index contributed by atoms with van der Waals surface area (Å²) in [6.45, 7) is 0. The number of ketones is 1. The minimum Gasteiger partial charge on any atom is -0.497 e. The fourth-order valence-corrected chi connectivity index (χ4v) is 3.67. The Hall–Kier alpha value is -3.28. The molecule has 0 N–H and O–H groups in total. The highest BCUT2D eigenvalue weighted by molar-refractivity contribution is 6.09. The molecule has 0 bridgehead atoms. The summed E-state index contributed by atoms with van der Waals surface area (Å²) in [6, 6.07) is 10.3. The molecule has 0 aliphatic heterocycles. The fourth-order valence-electron chi connectivity index (χ4n) is 3.67. The van der Waals surface area contributed by atoms with Crippen LogP contribution in [0.15, 0.2) is 42.5 Å². The lowest BCUT2D eigenvalue weighted by Crippen LogP contribution is -2.22. The third-order valence-electron chi connectivity index (χ3n) is 5.44. The second-order valence-electron chi connectivity index (χ2n) is 7.43. The van der Waals surface area contributed by atoms with Crippen LogP contribution in [0.5, 0.6) is 23.0 Å². The third-order valence-corrected chi connectivity index (χ3v) is 5.44. The summed E-state index contributed by atoms with van der Waals surface area (Å²) in [5, 5.41) is 0. The van der Waals surface area contributed by atoms with Crippen LogP contribution in [-0.2, 0) is 4.79 Å². The van der Waals surface area contributed by atoms with E-state index >= 15 is 0 Å². The van der Waals surface area contributed by atoms with Gasteiger partial charge in [0, 0.05) is 0 Å². The number of hydrogen-bond donors (Lipinski definition) is 0. The first-order valence-electron chi connectivity index (χ1n) is 10.4. The minimum absolute atomic E-state index is 0.0477. The van der Waals surface area contributed by atoms with Gasteiger partial charge in [-0.1, -0.05) is 31.4 Å². The van der Waals surface area contributed by atoms with Gasteiger partial charge in [-0.3, -0.25) is 9.59 Å². The molecule has 1 aliphatic rings. The summed E-state index contributed by atoms with van der Waals surface area (Å²) in [7, 11) is 4.58. The van der Waals surface area contributed by atoms with Crippen molar-refractivity contribution in [2.24, 2.45) is 5.92 Å². The number of carbonyl (C=O) groups excluding carboxylic acids is 2. The lowest BCUT2D eigenvalue weighted by atomic mass is 9.89. The Balaban J connectivity index is 1.74. The van der Waals surface area contributed by atoms with Crippen molar-refractivity contribution in [3.63, 3.8) is 0 Å². The van der Waals surface area contributed by atoms with Crippen LogP contribution >= 0.6 is 0 Å². The number of esters is 1. The average Bonchev–Trinajstić information content (AvgIpc) is 2.83. The molecule has 1 aliphatic carbocycles. The summed E-state index contributed by atoms with van der Waals surface area (Å²) in [4.78, 5) is 25.1. The van der Waals surface area contributed by atoms with E-state index in [4.69, 9.17) is 18.9 Å². The lowest BCUT2D eigenvalue weighted by Gasteiger charge is -2.20. The van der Waals surface area contributed by atoms with E-state index in [2.05, 4.69) is 0 Å².